The van der Waals surface area contributed by atoms with Gasteiger partial charge in [0.15, 0.2) is 0 Å². The number of hydrogen-bond acceptors (Lipinski definition) is 3. The lowest BCUT2D eigenvalue weighted by molar-refractivity contribution is -0.131. The number of β-amino-alcohol motifs (C(OH)–C–C–N with tert-alkyl or cyclic N) is 1. The second-order valence-corrected chi connectivity index (χ2v) is 5.74. The van der Waals surface area contributed by atoms with E-state index < -0.39 is 5.60 Å². The predicted molar refractivity (Wildman–Crippen MR) is 76.2 cm³/mol. The monoisotopic (exact) mass is 273 g/mol. The van der Waals surface area contributed by atoms with E-state index in [-0.39, 0.29) is 5.91 Å². The number of likely N-dealkylation sites (tertiary alicyclic amines) is 1. The minimum absolute atomic E-state index is 0.0977. The van der Waals surface area contributed by atoms with Gasteiger partial charge < -0.3 is 14.6 Å². The van der Waals surface area contributed by atoms with Gasteiger partial charge in [-0.2, -0.15) is 0 Å². The zero-order valence-corrected chi connectivity index (χ0v) is 11.6. The predicted octanol–water partition coefficient (Wildman–Crippen LogP) is 1.41. The highest BCUT2D eigenvalue weighted by Gasteiger charge is 2.33. The Kier molecular flexibility index (Phi) is 3.22. The van der Waals surface area contributed by atoms with Crippen LogP contribution in [0.1, 0.15) is 19.8 Å². The Morgan fingerprint density at radius 3 is 3.00 bits per heavy atom. The summed E-state index contributed by atoms with van der Waals surface area (Å²) in [5.74, 6) is 0.0977. The third kappa shape index (κ3) is 2.54. The van der Waals surface area contributed by atoms with E-state index in [9.17, 15) is 9.90 Å². The maximum Gasteiger partial charge on any atom is 0.224 e. The van der Waals surface area contributed by atoms with Crippen molar-refractivity contribution in [2.75, 3.05) is 13.1 Å². The van der Waals surface area contributed by atoms with Gasteiger partial charge in [-0.15, -0.1) is 0 Å². The summed E-state index contributed by atoms with van der Waals surface area (Å²) in [6, 6.07) is 7.90. The molecule has 1 aromatic carbocycles. The first-order chi connectivity index (χ1) is 9.55. The number of imidazole rings is 1. The molecule has 1 atom stereocenters. The van der Waals surface area contributed by atoms with E-state index >= 15 is 0 Å². The molecule has 1 N–H and O–H groups in total. The van der Waals surface area contributed by atoms with Crippen LogP contribution in [0.3, 0.4) is 0 Å². The van der Waals surface area contributed by atoms with E-state index in [2.05, 4.69) is 4.98 Å². The lowest BCUT2D eigenvalue weighted by atomic mass is 10.1. The first-order valence-corrected chi connectivity index (χ1v) is 6.95. The molecule has 1 saturated heterocycles. The summed E-state index contributed by atoms with van der Waals surface area (Å²) in [6.07, 6.45) is 2.88. The van der Waals surface area contributed by atoms with Crippen LogP contribution in [0.4, 0.5) is 0 Å². The summed E-state index contributed by atoms with van der Waals surface area (Å²) in [5, 5.41) is 9.90. The maximum atomic E-state index is 12.1. The molecular weight excluding hydrogens is 254 g/mol. The molecule has 0 spiro atoms. The molecule has 5 nitrogen and oxygen atoms in total. The number of para-hydroxylation sites is 2. The van der Waals surface area contributed by atoms with Gasteiger partial charge in [0.1, 0.15) is 0 Å². The molecule has 0 saturated carbocycles. The van der Waals surface area contributed by atoms with Gasteiger partial charge in [-0.1, -0.05) is 12.1 Å². The van der Waals surface area contributed by atoms with Crippen LogP contribution in [0.25, 0.3) is 11.0 Å². The van der Waals surface area contributed by atoms with Crippen LogP contribution in [0.5, 0.6) is 0 Å². The average Bonchev–Trinajstić information content (AvgIpc) is 2.99. The van der Waals surface area contributed by atoms with Crippen LogP contribution >= 0.6 is 0 Å². The quantitative estimate of drug-likeness (QED) is 0.920. The number of rotatable bonds is 3. The highest BCUT2D eigenvalue weighted by Crippen LogP contribution is 2.21. The molecule has 1 unspecified atom stereocenters. The van der Waals surface area contributed by atoms with Gasteiger partial charge in [0.2, 0.25) is 5.91 Å². The normalized spacial score (nSPS) is 22.6. The number of aryl methyl sites for hydroxylation is 1. The Bertz CT molecular complexity index is 633. The van der Waals surface area contributed by atoms with Gasteiger partial charge in [0.05, 0.1) is 23.0 Å². The van der Waals surface area contributed by atoms with Crippen LogP contribution in [0.15, 0.2) is 30.6 Å². The van der Waals surface area contributed by atoms with Gasteiger partial charge in [0, 0.05) is 26.1 Å². The van der Waals surface area contributed by atoms with Crippen molar-refractivity contribution in [1.82, 2.24) is 14.5 Å². The summed E-state index contributed by atoms with van der Waals surface area (Å²) in [4.78, 5) is 18.2. The van der Waals surface area contributed by atoms with Crippen LogP contribution in [0.2, 0.25) is 0 Å². The topological polar surface area (TPSA) is 58.4 Å². The smallest absolute Gasteiger partial charge is 0.224 e. The number of amides is 1. The summed E-state index contributed by atoms with van der Waals surface area (Å²) >= 11 is 0. The van der Waals surface area contributed by atoms with E-state index in [1.807, 2.05) is 28.8 Å². The van der Waals surface area contributed by atoms with E-state index in [1.54, 1.807) is 18.2 Å². The second-order valence-electron chi connectivity index (χ2n) is 5.74. The average molecular weight is 273 g/mol. The van der Waals surface area contributed by atoms with Crippen molar-refractivity contribution >= 4 is 16.9 Å². The van der Waals surface area contributed by atoms with Gasteiger partial charge in [-0.05, 0) is 25.5 Å². The minimum atomic E-state index is -0.725. The molecule has 5 heteroatoms. The number of aromatic nitrogens is 2. The fourth-order valence-corrected chi connectivity index (χ4v) is 2.72. The van der Waals surface area contributed by atoms with Crippen molar-refractivity contribution in [2.45, 2.75) is 31.9 Å². The third-order valence-electron chi connectivity index (χ3n) is 3.90. The van der Waals surface area contributed by atoms with Gasteiger partial charge in [0.25, 0.3) is 0 Å². The zero-order chi connectivity index (χ0) is 14.2. The zero-order valence-electron chi connectivity index (χ0n) is 11.6. The lowest BCUT2D eigenvalue weighted by Gasteiger charge is -2.19. The van der Waals surface area contributed by atoms with Crippen molar-refractivity contribution < 1.29 is 9.90 Å². The molecule has 1 aromatic heterocycles. The SMILES string of the molecule is CC1(O)CCN(C(=O)CCn2cnc3ccccc32)C1. The standard InChI is InChI=1S/C15H19N3O2/c1-15(20)7-9-17(10-15)14(19)6-8-18-11-16-12-4-2-3-5-13(12)18/h2-5,11,20H,6-10H2,1H3. The Hall–Kier alpha value is -1.88. The molecule has 0 radical (unpaired) electrons. The van der Waals surface area contributed by atoms with Crippen molar-refractivity contribution in [3.63, 3.8) is 0 Å². The molecule has 0 bridgehead atoms. The number of aliphatic hydroxyl groups is 1. The summed E-state index contributed by atoms with van der Waals surface area (Å²) in [5.41, 5.74) is 1.27. The molecule has 20 heavy (non-hydrogen) atoms. The fourth-order valence-electron chi connectivity index (χ4n) is 2.72. The molecule has 1 fully saturated rings. The van der Waals surface area contributed by atoms with Crippen molar-refractivity contribution in [2.24, 2.45) is 0 Å². The number of nitrogens with zero attached hydrogens (tertiary/aromatic N) is 3. The maximum absolute atomic E-state index is 12.1. The largest absolute Gasteiger partial charge is 0.388 e. The van der Waals surface area contributed by atoms with Crippen molar-refractivity contribution in [3.8, 4) is 0 Å². The molecule has 2 aromatic rings. The summed E-state index contributed by atoms with van der Waals surface area (Å²) in [7, 11) is 0. The van der Waals surface area contributed by atoms with E-state index in [1.165, 1.54) is 0 Å². The lowest BCUT2D eigenvalue weighted by Crippen LogP contribution is -2.34. The molecule has 106 valence electrons. The molecular formula is C15H19N3O2. The van der Waals surface area contributed by atoms with E-state index in [0.717, 1.165) is 11.0 Å². The van der Waals surface area contributed by atoms with Gasteiger partial charge >= 0.3 is 0 Å². The summed E-state index contributed by atoms with van der Waals surface area (Å²) < 4.78 is 2.00. The molecule has 1 amide bonds. The minimum Gasteiger partial charge on any atom is -0.388 e. The van der Waals surface area contributed by atoms with Crippen molar-refractivity contribution in [3.05, 3.63) is 30.6 Å². The van der Waals surface area contributed by atoms with E-state index in [4.69, 9.17) is 0 Å². The molecule has 0 aliphatic carbocycles. The van der Waals surface area contributed by atoms with Crippen molar-refractivity contribution in [1.29, 1.82) is 0 Å². The Morgan fingerprint density at radius 2 is 2.25 bits per heavy atom. The van der Waals surface area contributed by atoms with Crippen LogP contribution in [0, 0.1) is 0 Å². The summed E-state index contributed by atoms with van der Waals surface area (Å²) in [6.45, 7) is 3.49. The molecule has 1 aliphatic rings. The number of hydrogen-bond donors (Lipinski definition) is 1. The first-order valence-electron chi connectivity index (χ1n) is 6.95. The second kappa shape index (κ2) is 4.90. The van der Waals surface area contributed by atoms with E-state index in [0.29, 0.717) is 32.5 Å². The molecule has 1 aliphatic heterocycles. The van der Waals surface area contributed by atoms with Crippen LogP contribution in [-0.4, -0.2) is 44.2 Å². The Balaban J connectivity index is 1.64. The van der Waals surface area contributed by atoms with Crippen LogP contribution in [-0.2, 0) is 11.3 Å². The molecule has 2 heterocycles. The molecule has 3 rings (SSSR count). The highest BCUT2D eigenvalue weighted by molar-refractivity contribution is 5.78. The highest BCUT2D eigenvalue weighted by atomic mass is 16.3. The number of carbonyl (C=O) groups is 1. The van der Waals surface area contributed by atoms with Gasteiger partial charge in [-0.3, -0.25) is 4.79 Å². The Morgan fingerprint density at radius 1 is 1.45 bits per heavy atom. The number of carbonyl (C=O) groups excluding carboxylic acids is 1. The third-order valence-corrected chi connectivity index (χ3v) is 3.90. The number of benzene rings is 1. The first kappa shape index (κ1) is 13.1. The van der Waals surface area contributed by atoms with Crippen LogP contribution < -0.4 is 0 Å². The fraction of sp³-hybridized carbons (Fsp3) is 0.467. The Labute approximate surface area is 117 Å². The van der Waals surface area contributed by atoms with Gasteiger partial charge in [-0.25, -0.2) is 4.98 Å². The number of fused-ring (bicyclic) bond motifs is 1.